The number of rotatable bonds is 1. The van der Waals surface area contributed by atoms with Crippen molar-refractivity contribution in [3.63, 3.8) is 0 Å². The number of fused-ring (bicyclic) bond motifs is 1. The van der Waals surface area contributed by atoms with Crippen LogP contribution in [0.25, 0.3) is 11.3 Å². The van der Waals surface area contributed by atoms with Crippen LogP contribution in [0.1, 0.15) is 21.6 Å². The number of halogens is 2. The third kappa shape index (κ3) is 1.94. The first-order valence-electron chi connectivity index (χ1n) is 6.16. The molecule has 5 nitrogen and oxygen atoms in total. The molecule has 0 fully saturated rings. The zero-order valence-corrected chi connectivity index (χ0v) is 13.3. The fraction of sp³-hybridized carbons (Fsp3) is 0.308. The molecule has 2 heterocycles. The maximum Gasteiger partial charge on any atom is 0.253 e. The van der Waals surface area contributed by atoms with Crippen LogP contribution in [-0.2, 0) is 13.5 Å². The average Bonchev–Trinajstić information content (AvgIpc) is 2.73. The quantitative estimate of drug-likeness (QED) is 0.855. The Balaban J connectivity index is 2.32. The summed E-state index contributed by atoms with van der Waals surface area (Å²) in [7, 11) is 1.80. The summed E-state index contributed by atoms with van der Waals surface area (Å²) in [6.07, 6.45) is 0.768. The van der Waals surface area contributed by atoms with E-state index in [0.29, 0.717) is 17.1 Å². The predicted octanol–water partition coefficient (Wildman–Crippen LogP) is 2.49. The van der Waals surface area contributed by atoms with Crippen LogP contribution in [0.5, 0.6) is 0 Å². The van der Waals surface area contributed by atoms with Crippen molar-refractivity contribution in [3.8, 4) is 11.3 Å². The molecule has 1 aromatic heterocycles. The van der Waals surface area contributed by atoms with Crippen LogP contribution in [0.15, 0.2) is 10.5 Å². The van der Waals surface area contributed by atoms with Gasteiger partial charge in [-0.25, -0.2) is 4.68 Å². The van der Waals surface area contributed by atoms with E-state index in [-0.39, 0.29) is 5.91 Å². The van der Waals surface area contributed by atoms with Gasteiger partial charge < -0.3 is 5.32 Å². The average molecular weight is 356 g/mol. The molecular formula is C13H12BrClN4O. The maximum atomic E-state index is 12.1. The first-order chi connectivity index (χ1) is 9.50. The summed E-state index contributed by atoms with van der Waals surface area (Å²) in [5.74, 6) is -0.133. The molecule has 0 saturated heterocycles. The van der Waals surface area contributed by atoms with Gasteiger partial charge in [-0.3, -0.25) is 4.79 Å². The largest absolute Gasteiger partial charge is 0.352 e. The summed E-state index contributed by atoms with van der Waals surface area (Å²) in [6.45, 7) is 2.50. The summed E-state index contributed by atoms with van der Waals surface area (Å²) >= 11 is 10.0. The van der Waals surface area contributed by atoms with Crippen LogP contribution < -0.4 is 5.32 Å². The highest BCUT2D eigenvalue weighted by Gasteiger charge is 2.26. The second-order valence-corrected chi connectivity index (χ2v) is 5.96. The summed E-state index contributed by atoms with van der Waals surface area (Å²) in [6, 6.07) is 1.94. The third-order valence-corrected chi connectivity index (χ3v) is 4.56. The summed E-state index contributed by atoms with van der Waals surface area (Å²) in [4.78, 5) is 12.1. The molecule has 104 valence electrons. The third-order valence-electron chi connectivity index (χ3n) is 3.46. The zero-order chi connectivity index (χ0) is 14.4. The first-order valence-corrected chi connectivity index (χ1v) is 7.33. The van der Waals surface area contributed by atoms with Crippen molar-refractivity contribution in [2.75, 3.05) is 6.54 Å². The standard InChI is InChI=1S/C13H12BrClN4O/c1-6-12(19(2)18-17-6)8-5-9(14)7-3-4-16-13(20)10(7)11(8)15/h5H,3-4H2,1-2H3,(H,16,20). The molecule has 2 aromatic rings. The smallest absolute Gasteiger partial charge is 0.253 e. The molecule has 0 unspecified atom stereocenters. The Hall–Kier alpha value is -1.40. The van der Waals surface area contributed by atoms with Gasteiger partial charge in [0.1, 0.15) is 0 Å². The molecule has 20 heavy (non-hydrogen) atoms. The van der Waals surface area contributed by atoms with Gasteiger partial charge in [0.05, 0.1) is 22.0 Å². The Labute approximate surface area is 129 Å². The van der Waals surface area contributed by atoms with Gasteiger partial charge in [0, 0.05) is 23.6 Å². The minimum absolute atomic E-state index is 0.133. The minimum Gasteiger partial charge on any atom is -0.352 e. The van der Waals surface area contributed by atoms with Crippen molar-refractivity contribution < 1.29 is 4.79 Å². The Kier molecular flexibility index (Phi) is 3.30. The highest BCUT2D eigenvalue weighted by Crippen LogP contribution is 2.38. The number of nitrogens with zero attached hydrogens (tertiary/aromatic N) is 3. The number of benzene rings is 1. The van der Waals surface area contributed by atoms with Crippen molar-refractivity contribution in [1.82, 2.24) is 20.3 Å². The lowest BCUT2D eigenvalue weighted by Gasteiger charge is -2.21. The van der Waals surface area contributed by atoms with E-state index in [9.17, 15) is 4.79 Å². The second kappa shape index (κ2) is 4.86. The van der Waals surface area contributed by atoms with Crippen molar-refractivity contribution in [2.45, 2.75) is 13.3 Å². The van der Waals surface area contributed by atoms with Crippen LogP contribution in [0.4, 0.5) is 0 Å². The molecule has 0 bridgehead atoms. The zero-order valence-electron chi connectivity index (χ0n) is 11.0. The van der Waals surface area contributed by atoms with E-state index in [0.717, 1.165) is 33.4 Å². The fourth-order valence-corrected chi connectivity index (χ4v) is 3.51. The lowest BCUT2D eigenvalue weighted by atomic mass is 9.96. The molecule has 1 N–H and O–H groups in total. The van der Waals surface area contributed by atoms with E-state index >= 15 is 0 Å². The van der Waals surface area contributed by atoms with E-state index in [1.165, 1.54) is 0 Å². The molecule has 0 aliphatic carbocycles. The molecule has 0 radical (unpaired) electrons. The number of amides is 1. The van der Waals surface area contributed by atoms with Crippen LogP contribution in [-0.4, -0.2) is 27.4 Å². The van der Waals surface area contributed by atoms with Crippen LogP contribution >= 0.6 is 27.5 Å². The minimum atomic E-state index is -0.133. The normalized spacial score (nSPS) is 14.1. The number of aryl methyl sites for hydroxylation is 2. The molecule has 1 aromatic carbocycles. The number of carbonyl (C=O) groups is 1. The summed E-state index contributed by atoms with van der Waals surface area (Å²) in [5.41, 5.74) is 3.85. The molecule has 1 amide bonds. The van der Waals surface area contributed by atoms with Gasteiger partial charge >= 0.3 is 0 Å². The fourth-order valence-electron chi connectivity index (χ4n) is 2.54. The first kappa shape index (κ1) is 13.6. The van der Waals surface area contributed by atoms with Crippen LogP contribution in [0.3, 0.4) is 0 Å². The van der Waals surface area contributed by atoms with Crippen molar-refractivity contribution in [3.05, 3.63) is 32.4 Å². The topological polar surface area (TPSA) is 59.8 Å². The van der Waals surface area contributed by atoms with Crippen molar-refractivity contribution in [1.29, 1.82) is 0 Å². The monoisotopic (exact) mass is 354 g/mol. The number of nitrogens with one attached hydrogen (secondary N) is 1. The SMILES string of the molecule is Cc1nnn(C)c1-c1cc(Br)c2c(c1Cl)C(=O)NCC2. The van der Waals surface area contributed by atoms with E-state index in [1.807, 2.05) is 13.0 Å². The molecule has 1 aliphatic heterocycles. The lowest BCUT2D eigenvalue weighted by Crippen LogP contribution is -2.32. The van der Waals surface area contributed by atoms with E-state index in [2.05, 4.69) is 31.6 Å². The Morgan fingerprint density at radius 2 is 2.25 bits per heavy atom. The lowest BCUT2D eigenvalue weighted by molar-refractivity contribution is 0.0946. The molecule has 0 saturated carbocycles. The molecule has 3 rings (SSSR count). The van der Waals surface area contributed by atoms with Crippen LogP contribution in [0.2, 0.25) is 5.02 Å². The van der Waals surface area contributed by atoms with Gasteiger partial charge in [0.15, 0.2) is 0 Å². The number of carbonyl (C=O) groups excluding carboxylic acids is 1. The Bertz CT molecular complexity index is 706. The van der Waals surface area contributed by atoms with E-state index < -0.39 is 0 Å². The van der Waals surface area contributed by atoms with Gasteiger partial charge in [-0.05, 0) is 25.0 Å². The molecule has 0 atom stereocenters. The highest BCUT2D eigenvalue weighted by atomic mass is 79.9. The number of hydrogen-bond acceptors (Lipinski definition) is 3. The summed E-state index contributed by atoms with van der Waals surface area (Å²) < 4.78 is 2.55. The molecular weight excluding hydrogens is 344 g/mol. The Morgan fingerprint density at radius 1 is 1.50 bits per heavy atom. The second-order valence-electron chi connectivity index (χ2n) is 4.73. The van der Waals surface area contributed by atoms with Gasteiger partial charge in [-0.2, -0.15) is 0 Å². The van der Waals surface area contributed by atoms with Crippen LogP contribution in [0, 0.1) is 6.92 Å². The van der Waals surface area contributed by atoms with Gasteiger partial charge in [-0.15, -0.1) is 5.10 Å². The molecule has 1 aliphatic rings. The maximum absolute atomic E-state index is 12.1. The van der Waals surface area contributed by atoms with Gasteiger partial charge in [0.2, 0.25) is 0 Å². The predicted molar refractivity (Wildman–Crippen MR) is 79.9 cm³/mol. The van der Waals surface area contributed by atoms with Gasteiger partial charge in [0.25, 0.3) is 5.91 Å². The van der Waals surface area contributed by atoms with E-state index in [1.54, 1.807) is 11.7 Å². The molecule has 7 heteroatoms. The van der Waals surface area contributed by atoms with Crippen molar-refractivity contribution in [2.24, 2.45) is 7.05 Å². The van der Waals surface area contributed by atoms with Gasteiger partial charge in [-0.1, -0.05) is 32.7 Å². The van der Waals surface area contributed by atoms with E-state index in [4.69, 9.17) is 11.6 Å². The molecule has 0 spiro atoms. The number of hydrogen-bond donors (Lipinski definition) is 1. The summed E-state index contributed by atoms with van der Waals surface area (Å²) in [5, 5.41) is 11.3. The Morgan fingerprint density at radius 3 is 2.90 bits per heavy atom. The highest BCUT2D eigenvalue weighted by molar-refractivity contribution is 9.10. The van der Waals surface area contributed by atoms with Crippen molar-refractivity contribution >= 4 is 33.4 Å². The number of aromatic nitrogens is 3.